The van der Waals surface area contributed by atoms with Gasteiger partial charge in [-0.1, -0.05) is 11.6 Å². The molecular formula is C4ClF3O. The first kappa shape index (κ1) is 6.61. The zero-order valence-electron chi connectivity index (χ0n) is 3.92. The van der Waals surface area contributed by atoms with Gasteiger partial charge in [0, 0.05) is 0 Å². The minimum absolute atomic E-state index is 1.28. The van der Waals surface area contributed by atoms with Crippen LogP contribution in [0.15, 0.2) is 10.9 Å². The molecule has 0 bridgehead atoms. The first-order valence-corrected chi connectivity index (χ1v) is 2.34. The van der Waals surface area contributed by atoms with Crippen LogP contribution in [-0.2, 0) is 4.79 Å². The van der Waals surface area contributed by atoms with Crippen molar-refractivity contribution in [1.82, 2.24) is 0 Å². The van der Waals surface area contributed by atoms with Gasteiger partial charge in [-0.3, -0.25) is 4.79 Å². The SMILES string of the molecule is O=C1C(F)=C(Cl)C1(F)F. The second-order valence-corrected chi connectivity index (χ2v) is 1.91. The summed E-state index contributed by atoms with van der Waals surface area (Å²) < 4.78 is 35.3. The molecule has 0 N–H and O–H groups in total. The third-order valence-electron chi connectivity index (χ3n) is 0.953. The lowest BCUT2D eigenvalue weighted by Gasteiger charge is -2.21. The molecular weight excluding hydrogens is 156 g/mol. The van der Waals surface area contributed by atoms with E-state index in [2.05, 4.69) is 11.6 Å². The topological polar surface area (TPSA) is 17.1 Å². The van der Waals surface area contributed by atoms with Gasteiger partial charge in [0.15, 0.2) is 5.83 Å². The lowest BCUT2D eigenvalue weighted by atomic mass is 10.0. The van der Waals surface area contributed by atoms with E-state index >= 15 is 0 Å². The van der Waals surface area contributed by atoms with Crippen molar-refractivity contribution in [2.75, 3.05) is 0 Å². The zero-order chi connectivity index (χ0) is 7.23. The molecule has 0 fully saturated rings. The van der Waals surface area contributed by atoms with Crippen molar-refractivity contribution < 1.29 is 18.0 Å². The van der Waals surface area contributed by atoms with Gasteiger partial charge in [0.1, 0.15) is 5.03 Å². The fraction of sp³-hybridized carbons (Fsp3) is 0.250. The molecule has 0 aromatic carbocycles. The third kappa shape index (κ3) is 0.594. The summed E-state index contributed by atoms with van der Waals surface area (Å²) in [5.74, 6) is -7.11. The Hall–Kier alpha value is -0.510. The van der Waals surface area contributed by atoms with E-state index < -0.39 is 22.6 Å². The molecule has 0 amide bonds. The average molecular weight is 156 g/mol. The molecule has 0 atom stereocenters. The van der Waals surface area contributed by atoms with Gasteiger partial charge in [0.05, 0.1) is 0 Å². The fourth-order valence-electron chi connectivity index (χ4n) is 0.413. The summed E-state index contributed by atoms with van der Waals surface area (Å²) in [7, 11) is 0. The minimum atomic E-state index is -3.76. The highest BCUT2D eigenvalue weighted by atomic mass is 35.5. The molecule has 50 valence electrons. The summed E-state index contributed by atoms with van der Waals surface area (Å²) in [5.41, 5.74) is 0. The number of carbonyl (C=O) groups is 1. The molecule has 0 radical (unpaired) electrons. The van der Waals surface area contributed by atoms with E-state index in [1.807, 2.05) is 0 Å². The van der Waals surface area contributed by atoms with Crippen molar-refractivity contribution >= 4 is 17.4 Å². The first-order chi connectivity index (χ1) is 3.98. The zero-order valence-corrected chi connectivity index (χ0v) is 4.68. The van der Waals surface area contributed by atoms with Gasteiger partial charge in [-0.15, -0.1) is 0 Å². The molecule has 0 spiro atoms. The van der Waals surface area contributed by atoms with E-state index in [0.29, 0.717) is 0 Å². The van der Waals surface area contributed by atoms with E-state index in [9.17, 15) is 18.0 Å². The Kier molecular flexibility index (Phi) is 1.10. The molecule has 0 saturated carbocycles. The molecule has 9 heavy (non-hydrogen) atoms. The third-order valence-corrected chi connectivity index (χ3v) is 1.36. The van der Waals surface area contributed by atoms with Gasteiger partial charge in [0.2, 0.25) is 0 Å². The van der Waals surface area contributed by atoms with Crippen LogP contribution in [0.4, 0.5) is 13.2 Å². The van der Waals surface area contributed by atoms with Crippen LogP contribution in [0.3, 0.4) is 0 Å². The van der Waals surface area contributed by atoms with Gasteiger partial charge >= 0.3 is 5.92 Å². The van der Waals surface area contributed by atoms with Crippen LogP contribution in [0.5, 0.6) is 0 Å². The van der Waals surface area contributed by atoms with Gasteiger partial charge in [-0.2, -0.15) is 8.78 Å². The standard InChI is InChI=1S/C4ClF3O/c5-2-1(6)3(9)4(2,7)8. The fourth-order valence-corrected chi connectivity index (χ4v) is 0.584. The molecule has 1 nitrogen and oxygen atoms in total. The normalized spacial score (nSPS) is 24.2. The lowest BCUT2D eigenvalue weighted by molar-refractivity contribution is -0.140. The Bertz CT molecular complexity index is 208. The van der Waals surface area contributed by atoms with Crippen LogP contribution < -0.4 is 0 Å². The minimum Gasteiger partial charge on any atom is -0.284 e. The molecule has 0 aromatic rings. The van der Waals surface area contributed by atoms with Crippen LogP contribution in [-0.4, -0.2) is 11.7 Å². The predicted octanol–water partition coefficient (Wildman–Crippen LogP) is 1.62. The van der Waals surface area contributed by atoms with Gasteiger partial charge in [-0.05, 0) is 0 Å². The first-order valence-electron chi connectivity index (χ1n) is 1.96. The molecule has 5 heteroatoms. The predicted molar refractivity (Wildman–Crippen MR) is 23.9 cm³/mol. The number of alkyl halides is 2. The maximum Gasteiger partial charge on any atom is 0.350 e. The van der Waals surface area contributed by atoms with Crippen molar-refractivity contribution in [1.29, 1.82) is 0 Å². The molecule has 0 heterocycles. The molecule has 1 aliphatic rings. The van der Waals surface area contributed by atoms with Gasteiger partial charge in [-0.25, -0.2) is 4.39 Å². The summed E-state index contributed by atoms with van der Waals surface area (Å²) in [6, 6.07) is 0. The number of carbonyl (C=O) groups excluding carboxylic acids is 1. The highest BCUT2D eigenvalue weighted by molar-refractivity contribution is 6.39. The number of hydrogen-bond acceptors (Lipinski definition) is 1. The summed E-state index contributed by atoms with van der Waals surface area (Å²) in [4.78, 5) is 9.83. The molecule has 1 aliphatic carbocycles. The van der Waals surface area contributed by atoms with E-state index in [0.717, 1.165) is 0 Å². The molecule has 0 aromatic heterocycles. The van der Waals surface area contributed by atoms with Gasteiger partial charge < -0.3 is 0 Å². The summed E-state index contributed by atoms with van der Waals surface area (Å²) in [5, 5.41) is -1.28. The summed E-state index contributed by atoms with van der Waals surface area (Å²) >= 11 is 4.62. The Balaban J connectivity index is 3.06. The van der Waals surface area contributed by atoms with Crippen molar-refractivity contribution in [3.8, 4) is 0 Å². The van der Waals surface area contributed by atoms with Gasteiger partial charge in [0.25, 0.3) is 5.78 Å². The number of hydrogen-bond donors (Lipinski definition) is 0. The molecule has 1 rings (SSSR count). The smallest absolute Gasteiger partial charge is 0.284 e. The van der Waals surface area contributed by atoms with Crippen LogP contribution in [0, 0.1) is 0 Å². The second kappa shape index (κ2) is 1.50. The largest absolute Gasteiger partial charge is 0.350 e. The maximum absolute atomic E-state index is 11.8. The van der Waals surface area contributed by atoms with E-state index in [-0.39, 0.29) is 0 Å². The van der Waals surface area contributed by atoms with E-state index in [1.54, 1.807) is 0 Å². The van der Waals surface area contributed by atoms with Crippen LogP contribution in [0.25, 0.3) is 0 Å². The Labute approximate surface area is 53.1 Å². The quantitative estimate of drug-likeness (QED) is 0.521. The van der Waals surface area contributed by atoms with Crippen molar-refractivity contribution in [2.24, 2.45) is 0 Å². The highest BCUT2D eigenvalue weighted by Crippen LogP contribution is 2.42. The van der Waals surface area contributed by atoms with E-state index in [1.165, 1.54) is 0 Å². The highest BCUT2D eigenvalue weighted by Gasteiger charge is 2.56. The van der Waals surface area contributed by atoms with Crippen molar-refractivity contribution in [3.05, 3.63) is 10.9 Å². The number of allylic oxidation sites excluding steroid dienone is 2. The lowest BCUT2D eigenvalue weighted by Crippen LogP contribution is -2.39. The molecule has 0 unspecified atom stereocenters. The van der Waals surface area contributed by atoms with Crippen LogP contribution >= 0.6 is 11.6 Å². The molecule has 0 saturated heterocycles. The van der Waals surface area contributed by atoms with Crippen molar-refractivity contribution in [3.63, 3.8) is 0 Å². The molecule has 0 aliphatic heterocycles. The number of ketones is 1. The summed E-state index contributed by atoms with van der Waals surface area (Å²) in [6.45, 7) is 0. The van der Waals surface area contributed by atoms with Crippen molar-refractivity contribution in [2.45, 2.75) is 5.92 Å². The monoisotopic (exact) mass is 156 g/mol. The number of rotatable bonds is 0. The number of halogens is 4. The Morgan fingerprint density at radius 2 is 1.89 bits per heavy atom. The van der Waals surface area contributed by atoms with Crippen LogP contribution in [0.1, 0.15) is 0 Å². The van der Waals surface area contributed by atoms with Crippen LogP contribution in [0.2, 0.25) is 0 Å². The average Bonchev–Trinajstić information content (AvgIpc) is 1.84. The maximum atomic E-state index is 11.8. The number of Topliss-reactive ketones (excluding diaryl/α,β-unsaturated/α-hetero) is 1. The second-order valence-electron chi connectivity index (χ2n) is 1.53. The summed E-state index contributed by atoms with van der Waals surface area (Å²) in [6.07, 6.45) is 0. The Morgan fingerprint density at radius 3 is 2.00 bits per heavy atom. The van der Waals surface area contributed by atoms with E-state index in [4.69, 9.17) is 0 Å². The Morgan fingerprint density at radius 1 is 1.44 bits per heavy atom.